The molecule has 0 bridgehead atoms. The molecule has 2 aromatic heterocycles. The monoisotopic (exact) mass is 467 g/mol. The van der Waals surface area contributed by atoms with Crippen LogP contribution in [0, 0.1) is 6.92 Å². The van der Waals surface area contributed by atoms with Gasteiger partial charge in [0.1, 0.15) is 5.75 Å². The third kappa shape index (κ3) is 3.96. The number of anilines is 1. The quantitative estimate of drug-likeness (QED) is 0.352. The van der Waals surface area contributed by atoms with E-state index in [0.29, 0.717) is 22.5 Å². The van der Waals surface area contributed by atoms with E-state index in [0.717, 1.165) is 45.9 Å². The van der Waals surface area contributed by atoms with Crippen LogP contribution in [0.1, 0.15) is 24.4 Å². The molecule has 2 N–H and O–H groups in total. The zero-order chi connectivity index (χ0) is 22.2. The number of thioether (sulfide) groups is 1. The van der Waals surface area contributed by atoms with Crippen molar-refractivity contribution in [1.82, 2.24) is 19.7 Å². The highest BCUT2D eigenvalue weighted by Crippen LogP contribution is 2.42. The summed E-state index contributed by atoms with van der Waals surface area (Å²) in [5, 5.41) is 14.3. The molecule has 2 heterocycles. The number of aromatic amines is 1. The minimum absolute atomic E-state index is 0.144. The molecular weight excluding hydrogens is 446 g/mol. The summed E-state index contributed by atoms with van der Waals surface area (Å²) in [6.45, 7) is 1.89. The molecule has 1 saturated carbocycles. The van der Waals surface area contributed by atoms with Crippen molar-refractivity contribution in [3.05, 3.63) is 53.2 Å². The lowest BCUT2D eigenvalue weighted by molar-refractivity contribution is -0.113. The number of hydrogen-bond donors (Lipinski definition) is 2. The zero-order valence-corrected chi connectivity index (χ0v) is 19.3. The van der Waals surface area contributed by atoms with E-state index in [1.807, 2.05) is 37.4 Å². The van der Waals surface area contributed by atoms with E-state index in [4.69, 9.17) is 16.3 Å². The Morgan fingerprint density at radius 2 is 2.12 bits per heavy atom. The summed E-state index contributed by atoms with van der Waals surface area (Å²) in [6.07, 6.45) is 4.16. The summed E-state index contributed by atoms with van der Waals surface area (Å²) in [7, 11) is 1.55. The first-order valence-electron chi connectivity index (χ1n) is 10.3. The molecule has 4 aromatic rings. The molecule has 2 aromatic carbocycles. The fourth-order valence-corrected chi connectivity index (χ4v) is 4.68. The minimum Gasteiger partial charge on any atom is -0.495 e. The SMILES string of the molecule is COc1cc(Cl)c(C)cc1NC(=O)CSc1nnc(-c2c[nH]c3ccccc23)n1C1CC1. The van der Waals surface area contributed by atoms with Crippen LogP contribution in [0.5, 0.6) is 5.75 Å². The third-order valence-electron chi connectivity index (χ3n) is 5.49. The van der Waals surface area contributed by atoms with Crippen LogP contribution in [0.25, 0.3) is 22.3 Å². The maximum atomic E-state index is 12.7. The van der Waals surface area contributed by atoms with E-state index < -0.39 is 0 Å². The highest BCUT2D eigenvalue weighted by molar-refractivity contribution is 7.99. The number of H-pyrrole nitrogens is 1. The van der Waals surface area contributed by atoms with Crippen molar-refractivity contribution in [1.29, 1.82) is 0 Å². The van der Waals surface area contributed by atoms with Crippen molar-refractivity contribution in [2.75, 3.05) is 18.2 Å². The molecule has 0 radical (unpaired) electrons. The van der Waals surface area contributed by atoms with Crippen LogP contribution >= 0.6 is 23.4 Å². The van der Waals surface area contributed by atoms with Crippen LogP contribution in [0.15, 0.2) is 47.8 Å². The number of benzene rings is 2. The van der Waals surface area contributed by atoms with Crippen LogP contribution in [-0.4, -0.2) is 38.5 Å². The topological polar surface area (TPSA) is 84.8 Å². The summed E-state index contributed by atoms with van der Waals surface area (Å²) >= 11 is 7.55. The largest absolute Gasteiger partial charge is 0.495 e. The molecule has 0 atom stereocenters. The number of amides is 1. The normalized spacial score (nSPS) is 13.5. The van der Waals surface area contributed by atoms with Crippen LogP contribution < -0.4 is 10.1 Å². The summed E-state index contributed by atoms with van der Waals surface area (Å²) in [5.41, 5.74) is 3.56. The van der Waals surface area contributed by atoms with Gasteiger partial charge in [-0.1, -0.05) is 41.6 Å². The Labute approximate surface area is 194 Å². The second kappa shape index (κ2) is 8.52. The average molecular weight is 468 g/mol. The highest BCUT2D eigenvalue weighted by Gasteiger charge is 2.31. The van der Waals surface area contributed by atoms with Crippen LogP contribution in [0.4, 0.5) is 5.69 Å². The molecule has 1 amide bonds. The first-order chi connectivity index (χ1) is 15.5. The number of nitrogens with zero attached hydrogens (tertiary/aromatic N) is 3. The smallest absolute Gasteiger partial charge is 0.234 e. The number of para-hydroxylation sites is 1. The lowest BCUT2D eigenvalue weighted by Crippen LogP contribution is -2.15. The van der Waals surface area contributed by atoms with E-state index in [-0.39, 0.29) is 11.7 Å². The van der Waals surface area contributed by atoms with Crippen LogP contribution in [0.3, 0.4) is 0 Å². The Balaban J connectivity index is 1.36. The predicted molar refractivity (Wildman–Crippen MR) is 128 cm³/mol. The van der Waals surface area contributed by atoms with Gasteiger partial charge in [0.15, 0.2) is 11.0 Å². The summed E-state index contributed by atoms with van der Waals surface area (Å²) in [4.78, 5) is 16.0. The molecule has 1 fully saturated rings. The number of ether oxygens (including phenoxy) is 1. The number of rotatable bonds is 7. The summed E-state index contributed by atoms with van der Waals surface area (Å²) < 4.78 is 7.52. The Hall–Kier alpha value is -2.97. The molecule has 9 heteroatoms. The van der Waals surface area contributed by atoms with Gasteiger partial charge in [0.2, 0.25) is 5.91 Å². The van der Waals surface area contributed by atoms with Gasteiger partial charge in [-0.3, -0.25) is 9.36 Å². The summed E-state index contributed by atoms with van der Waals surface area (Å²) in [6, 6.07) is 12.0. The van der Waals surface area contributed by atoms with E-state index in [2.05, 4.69) is 31.1 Å². The van der Waals surface area contributed by atoms with Gasteiger partial charge >= 0.3 is 0 Å². The van der Waals surface area contributed by atoms with Gasteiger partial charge in [0.25, 0.3) is 0 Å². The van der Waals surface area contributed by atoms with E-state index in [9.17, 15) is 4.79 Å². The minimum atomic E-state index is -0.144. The molecule has 0 spiro atoms. The number of carbonyl (C=O) groups excluding carboxylic acids is 1. The molecule has 32 heavy (non-hydrogen) atoms. The maximum Gasteiger partial charge on any atom is 0.234 e. The second-order valence-electron chi connectivity index (χ2n) is 7.79. The standard InChI is InChI=1S/C23H22ClN5O2S/c1-13-9-19(20(31-2)10-17(13)24)26-21(30)12-32-23-28-27-22(29(23)14-7-8-14)16-11-25-18-6-4-3-5-15(16)18/h3-6,9-11,14,25H,7-8,12H2,1-2H3,(H,26,30). The van der Waals surface area contributed by atoms with Crippen LogP contribution in [0.2, 0.25) is 5.02 Å². The van der Waals surface area contributed by atoms with E-state index >= 15 is 0 Å². The number of aryl methyl sites for hydroxylation is 1. The number of halogens is 1. The van der Waals surface area contributed by atoms with Crippen molar-refractivity contribution in [2.45, 2.75) is 31.0 Å². The molecule has 0 aliphatic heterocycles. The van der Waals surface area contributed by atoms with Crippen molar-refractivity contribution >= 4 is 45.9 Å². The zero-order valence-electron chi connectivity index (χ0n) is 17.7. The molecule has 7 nitrogen and oxygen atoms in total. The fourth-order valence-electron chi connectivity index (χ4n) is 3.72. The highest BCUT2D eigenvalue weighted by atomic mass is 35.5. The number of aromatic nitrogens is 4. The lowest BCUT2D eigenvalue weighted by Gasteiger charge is -2.12. The average Bonchev–Trinajstić information content (AvgIpc) is 3.40. The predicted octanol–water partition coefficient (Wildman–Crippen LogP) is 5.46. The van der Waals surface area contributed by atoms with Gasteiger partial charge in [0.05, 0.1) is 18.6 Å². The molecule has 0 unspecified atom stereocenters. The van der Waals surface area contributed by atoms with Gasteiger partial charge < -0.3 is 15.0 Å². The summed E-state index contributed by atoms with van der Waals surface area (Å²) in [5.74, 6) is 1.43. The molecule has 1 aliphatic carbocycles. The molecule has 0 saturated heterocycles. The fraction of sp³-hybridized carbons (Fsp3) is 0.261. The van der Waals surface area contributed by atoms with Crippen LogP contribution in [-0.2, 0) is 4.79 Å². The first kappa shape index (κ1) is 20.9. The Morgan fingerprint density at radius 1 is 1.31 bits per heavy atom. The van der Waals surface area contributed by atoms with Crippen molar-refractivity contribution in [3.8, 4) is 17.1 Å². The van der Waals surface area contributed by atoms with Gasteiger partial charge in [-0.25, -0.2) is 0 Å². The number of nitrogens with one attached hydrogen (secondary N) is 2. The van der Waals surface area contributed by atoms with Gasteiger partial charge in [-0.05, 0) is 37.5 Å². The van der Waals surface area contributed by atoms with Crippen molar-refractivity contribution in [3.63, 3.8) is 0 Å². The maximum absolute atomic E-state index is 12.7. The molecule has 5 rings (SSSR count). The number of hydrogen-bond acceptors (Lipinski definition) is 5. The van der Waals surface area contributed by atoms with Gasteiger partial charge in [-0.2, -0.15) is 0 Å². The van der Waals surface area contributed by atoms with E-state index in [1.165, 1.54) is 11.8 Å². The number of fused-ring (bicyclic) bond motifs is 1. The van der Waals surface area contributed by atoms with Crippen molar-refractivity contribution < 1.29 is 9.53 Å². The number of carbonyl (C=O) groups is 1. The van der Waals surface area contributed by atoms with Gasteiger partial charge in [-0.15, -0.1) is 10.2 Å². The molecule has 164 valence electrons. The third-order valence-corrected chi connectivity index (χ3v) is 6.84. The Kier molecular flexibility index (Phi) is 5.57. The lowest BCUT2D eigenvalue weighted by atomic mass is 10.1. The first-order valence-corrected chi connectivity index (χ1v) is 11.7. The second-order valence-corrected chi connectivity index (χ2v) is 9.14. The van der Waals surface area contributed by atoms with Gasteiger partial charge in [0, 0.05) is 39.8 Å². The molecule has 1 aliphatic rings. The van der Waals surface area contributed by atoms with E-state index in [1.54, 1.807) is 13.2 Å². The Bertz CT molecular complexity index is 1310. The number of methoxy groups -OCH3 is 1. The molecular formula is C23H22ClN5O2S. The Morgan fingerprint density at radius 3 is 2.91 bits per heavy atom. The van der Waals surface area contributed by atoms with Crippen molar-refractivity contribution in [2.24, 2.45) is 0 Å².